The Morgan fingerprint density at radius 3 is 0.823 bits per heavy atom. The highest BCUT2D eigenvalue weighted by Crippen LogP contribution is 2.15. The highest BCUT2D eigenvalue weighted by molar-refractivity contribution is 5.71. The van der Waals surface area contributed by atoms with Gasteiger partial charge < -0.3 is 14.2 Å². The minimum atomic E-state index is -0.794. The normalized spacial score (nSPS) is 12.9. The van der Waals surface area contributed by atoms with Crippen molar-refractivity contribution in [1.82, 2.24) is 0 Å². The Bertz CT molecular complexity index is 1640. The van der Waals surface area contributed by atoms with Gasteiger partial charge in [-0.15, -0.1) is 0 Å². The van der Waals surface area contributed by atoms with Crippen LogP contribution in [0.25, 0.3) is 0 Å². The van der Waals surface area contributed by atoms with Crippen molar-refractivity contribution in [2.75, 3.05) is 13.2 Å². The van der Waals surface area contributed by atoms with E-state index in [1.807, 2.05) is 0 Å². The Hall–Kier alpha value is -4.19. The number of carbonyl (C=O) groups is 3. The van der Waals surface area contributed by atoms with Gasteiger partial charge in [-0.2, -0.15) is 0 Å². The van der Waals surface area contributed by atoms with E-state index in [1.54, 1.807) is 0 Å². The number of allylic oxidation sites excluding steroid dienone is 20. The zero-order chi connectivity index (χ0) is 57.1. The molecule has 79 heavy (non-hydrogen) atoms. The molecule has 0 spiro atoms. The standard InChI is InChI=1S/C73H122O6/c1-4-7-10-13-16-19-22-24-26-28-30-32-34-36-38-40-42-44-46-48-51-54-57-60-63-66-72(75)78-69-70(68-77-71(74)65-62-59-56-53-50-21-18-15-12-9-6-3)79-73(76)67-64-61-58-55-52-49-47-45-43-41-39-37-35-33-31-29-27-25-23-20-17-14-11-8-5-2/h7,10,15-16,18-19,23-26,29-32,35-38,42,44,70H,4-6,8-9,11-14,17,20-22,27-28,33-34,39-41,43,45-69H2,1-3H3/b10-7-,18-15-,19-16-,25-23-,26-24-,31-29-,32-30-,37-35-,38-36-,44-42-. The number of unbranched alkanes of at least 4 members (excludes halogenated alkanes) is 28. The van der Waals surface area contributed by atoms with Crippen molar-refractivity contribution in [2.45, 2.75) is 309 Å². The molecule has 0 radical (unpaired) electrons. The molecule has 0 rings (SSSR count). The predicted molar refractivity (Wildman–Crippen MR) is 343 cm³/mol. The molecule has 0 bridgehead atoms. The van der Waals surface area contributed by atoms with Gasteiger partial charge >= 0.3 is 17.9 Å². The van der Waals surface area contributed by atoms with Gasteiger partial charge in [0.05, 0.1) is 0 Å². The summed E-state index contributed by atoms with van der Waals surface area (Å²) in [7, 11) is 0. The van der Waals surface area contributed by atoms with Crippen molar-refractivity contribution in [3.63, 3.8) is 0 Å². The minimum Gasteiger partial charge on any atom is -0.462 e. The highest BCUT2D eigenvalue weighted by atomic mass is 16.6. The van der Waals surface area contributed by atoms with Gasteiger partial charge in [0.25, 0.3) is 0 Å². The smallest absolute Gasteiger partial charge is 0.306 e. The molecule has 0 fully saturated rings. The summed E-state index contributed by atoms with van der Waals surface area (Å²) >= 11 is 0. The fourth-order valence-electron chi connectivity index (χ4n) is 8.96. The lowest BCUT2D eigenvalue weighted by atomic mass is 10.0. The molecule has 0 aromatic carbocycles. The molecule has 0 aromatic heterocycles. The van der Waals surface area contributed by atoms with E-state index in [4.69, 9.17) is 14.2 Å². The van der Waals surface area contributed by atoms with Crippen molar-refractivity contribution in [3.05, 3.63) is 122 Å². The maximum Gasteiger partial charge on any atom is 0.306 e. The highest BCUT2D eigenvalue weighted by Gasteiger charge is 2.19. The van der Waals surface area contributed by atoms with Crippen LogP contribution in [-0.4, -0.2) is 37.2 Å². The van der Waals surface area contributed by atoms with Crippen LogP contribution in [0.2, 0.25) is 0 Å². The lowest BCUT2D eigenvalue weighted by molar-refractivity contribution is -0.167. The number of carbonyl (C=O) groups excluding carboxylic acids is 3. The molecule has 0 aliphatic carbocycles. The van der Waals surface area contributed by atoms with Gasteiger partial charge in [0.2, 0.25) is 0 Å². The first-order chi connectivity index (χ1) is 39.0. The molecule has 0 aliphatic rings. The molecule has 6 heteroatoms. The molecule has 6 nitrogen and oxygen atoms in total. The second-order valence-corrected chi connectivity index (χ2v) is 21.6. The van der Waals surface area contributed by atoms with E-state index in [1.165, 1.54) is 128 Å². The Labute approximate surface area is 488 Å². The molecule has 0 saturated carbocycles. The van der Waals surface area contributed by atoms with E-state index in [-0.39, 0.29) is 31.1 Å². The van der Waals surface area contributed by atoms with E-state index >= 15 is 0 Å². The zero-order valence-corrected chi connectivity index (χ0v) is 51.6. The van der Waals surface area contributed by atoms with Crippen molar-refractivity contribution in [1.29, 1.82) is 0 Å². The van der Waals surface area contributed by atoms with Crippen molar-refractivity contribution in [3.8, 4) is 0 Å². The van der Waals surface area contributed by atoms with E-state index in [0.717, 1.165) is 135 Å². The second-order valence-electron chi connectivity index (χ2n) is 21.6. The monoisotopic (exact) mass is 1090 g/mol. The summed E-state index contributed by atoms with van der Waals surface area (Å²) in [6.45, 7) is 6.47. The van der Waals surface area contributed by atoms with Crippen LogP contribution in [0.4, 0.5) is 0 Å². The SMILES string of the molecule is CC/C=C\C/C=C\C/C=C\C/C=C\C/C=C\C/C=C\CCCCCCCCC(=O)OCC(COC(=O)CCCCCCC/C=C\CCCC)OC(=O)CCCCCCCCCCCC/C=C\C/C=C\C/C=C\CCCCCCC. The first-order valence-corrected chi connectivity index (χ1v) is 33.0. The van der Waals surface area contributed by atoms with E-state index in [2.05, 4.69) is 142 Å². The van der Waals surface area contributed by atoms with Crippen molar-refractivity contribution >= 4 is 17.9 Å². The summed E-state index contributed by atoms with van der Waals surface area (Å²) in [4.78, 5) is 38.3. The third-order valence-corrected chi connectivity index (χ3v) is 13.9. The predicted octanol–water partition coefficient (Wildman–Crippen LogP) is 22.8. The van der Waals surface area contributed by atoms with Gasteiger partial charge in [0.15, 0.2) is 6.10 Å². The molecule has 0 saturated heterocycles. The van der Waals surface area contributed by atoms with Crippen molar-refractivity contribution < 1.29 is 28.6 Å². The molecule has 0 aliphatic heterocycles. The van der Waals surface area contributed by atoms with Crippen LogP contribution < -0.4 is 0 Å². The van der Waals surface area contributed by atoms with Gasteiger partial charge in [-0.1, -0.05) is 277 Å². The maximum absolute atomic E-state index is 12.9. The number of hydrogen-bond donors (Lipinski definition) is 0. The molecule has 0 N–H and O–H groups in total. The fourth-order valence-corrected chi connectivity index (χ4v) is 8.96. The molecule has 1 atom stereocenters. The molecular weight excluding hydrogens is 973 g/mol. The van der Waals surface area contributed by atoms with Gasteiger partial charge in [0, 0.05) is 19.3 Å². The Balaban J connectivity index is 4.33. The summed E-state index contributed by atoms with van der Waals surface area (Å²) in [5.41, 5.74) is 0. The number of esters is 3. The lowest BCUT2D eigenvalue weighted by Gasteiger charge is -2.18. The molecule has 450 valence electrons. The minimum absolute atomic E-state index is 0.0905. The lowest BCUT2D eigenvalue weighted by Crippen LogP contribution is -2.30. The van der Waals surface area contributed by atoms with Crippen LogP contribution in [0.15, 0.2) is 122 Å². The summed E-state index contributed by atoms with van der Waals surface area (Å²) in [6, 6.07) is 0. The summed E-state index contributed by atoms with van der Waals surface area (Å²) in [5.74, 6) is -0.914. The van der Waals surface area contributed by atoms with Gasteiger partial charge in [0.1, 0.15) is 13.2 Å². The third kappa shape index (κ3) is 64.5. The van der Waals surface area contributed by atoms with Crippen LogP contribution in [0, 0.1) is 0 Å². The molecule has 0 amide bonds. The summed E-state index contributed by atoms with van der Waals surface area (Å²) in [6.07, 6.45) is 92.1. The van der Waals surface area contributed by atoms with Crippen LogP contribution >= 0.6 is 0 Å². The van der Waals surface area contributed by atoms with Gasteiger partial charge in [-0.05, 0) is 128 Å². The average molecular weight is 1100 g/mol. The largest absolute Gasteiger partial charge is 0.462 e. The van der Waals surface area contributed by atoms with Crippen LogP contribution in [0.3, 0.4) is 0 Å². The topological polar surface area (TPSA) is 78.9 Å². The van der Waals surface area contributed by atoms with E-state index < -0.39 is 6.10 Å². The average Bonchev–Trinajstić information content (AvgIpc) is 3.45. The molecule has 1 unspecified atom stereocenters. The fraction of sp³-hybridized carbons (Fsp3) is 0.685. The van der Waals surface area contributed by atoms with Crippen LogP contribution in [-0.2, 0) is 28.6 Å². The quantitative estimate of drug-likeness (QED) is 0.0261. The summed E-state index contributed by atoms with van der Waals surface area (Å²) < 4.78 is 16.9. The van der Waals surface area contributed by atoms with E-state index in [0.29, 0.717) is 19.3 Å². The zero-order valence-electron chi connectivity index (χ0n) is 51.6. The molecule has 0 heterocycles. The Morgan fingerprint density at radius 1 is 0.266 bits per heavy atom. The van der Waals surface area contributed by atoms with Crippen molar-refractivity contribution in [2.24, 2.45) is 0 Å². The Kier molecular flexibility index (Phi) is 62.8. The Morgan fingerprint density at radius 2 is 0.506 bits per heavy atom. The van der Waals surface area contributed by atoms with Gasteiger partial charge in [-0.3, -0.25) is 14.4 Å². The third-order valence-electron chi connectivity index (χ3n) is 13.9. The van der Waals surface area contributed by atoms with E-state index in [9.17, 15) is 14.4 Å². The second kappa shape index (κ2) is 66.3. The maximum atomic E-state index is 12.9. The number of rotatable bonds is 59. The first-order valence-electron chi connectivity index (χ1n) is 33.0. The summed E-state index contributed by atoms with van der Waals surface area (Å²) in [5, 5.41) is 0. The van der Waals surface area contributed by atoms with Crippen LogP contribution in [0.5, 0.6) is 0 Å². The van der Waals surface area contributed by atoms with Crippen LogP contribution in [0.1, 0.15) is 303 Å². The molecular formula is C73H122O6. The van der Waals surface area contributed by atoms with Gasteiger partial charge in [-0.25, -0.2) is 0 Å². The first kappa shape index (κ1) is 74.8. The number of hydrogen-bond acceptors (Lipinski definition) is 6. The number of ether oxygens (including phenoxy) is 3. The molecule has 0 aromatic rings.